The van der Waals surface area contributed by atoms with E-state index in [1.807, 2.05) is 6.92 Å². The third-order valence-corrected chi connectivity index (χ3v) is 7.10. The van der Waals surface area contributed by atoms with E-state index < -0.39 is 10.0 Å². The molecule has 0 spiro atoms. The number of aryl methyl sites for hydroxylation is 1. The summed E-state index contributed by atoms with van der Waals surface area (Å²) in [6.07, 6.45) is 0.584. The highest BCUT2D eigenvalue weighted by Crippen LogP contribution is 2.23. The molecule has 1 aromatic carbocycles. The minimum Gasteiger partial charge on any atom is -0.379 e. The predicted molar refractivity (Wildman–Crippen MR) is 110 cm³/mol. The van der Waals surface area contributed by atoms with E-state index in [1.165, 1.54) is 10.4 Å². The van der Waals surface area contributed by atoms with Crippen molar-refractivity contribution in [2.24, 2.45) is 0 Å². The number of hydrogen-bond acceptors (Lipinski definition) is 5. The first-order valence-electron chi connectivity index (χ1n) is 10.0. The van der Waals surface area contributed by atoms with Crippen LogP contribution in [0.25, 0.3) is 0 Å². The molecule has 1 heterocycles. The topological polar surface area (TPSA) is 79.0 Å². The van der Waals surface area contributed by atoms with Crippen molar-refractivity contribution in [3.05, 3.63) is 29.3 Å². The molecule has 1 amide bonds. The molecule has 0 saturated carbocycles. The zero-order valence-corrected chi connectivity index (χ0v) is 18.2. The SMILES string of the molecule is CCc1ccc(C(=O)NCCN(CC)C(C)C)cc1S(=O)(=O)N1CCOCC1. The second-order valence-electron chi connectivity index (χ2n) is 7.17. The Bertz CT molecular complexity index is 759. The summed E-state index contributed by atoms with van der Waals surface area (Å²) in [7, 11) is -3.64. The highest BCUT2D eigenvalue weighted by Gasteiger charge is 2.29. The first-order chi connectivity index (χ1) is 13.3. The van der Waals surface area contributed by atoms with Gasteiger partial charge in [-0.25, -0.2) is 8.42 Å². The maximum Gasteiger partial charge on any atom is 0.251 e. The van der Waals surface area contributed by atoms with Crippen LogP contribution in [-0.4, -0.2) is 75.5 Å². The summed E-state index contributed by atoms with van der Waals surface area (Å²) in [6.45, 7) is 11.9. The minimum absolute atomic E-state index is 0.224. The summed E-state index contributed by atoms with van der Waals surface area (Å²) in [5.41, 5.74) is 1.09. The molecule has 1 saturated heterocycles. The molecule has 2 rings (SSSR count). The van der Waals surface area contributed by atoms with Crippen molar-refractivity contribution >= 4 is 15.9 Å². The number of amides is 1. The largest absolute Gasteiger partial charge is 0.379 e. The van der Waals surface area contributed by atoms with Gasteiger partial charge in [-0.15, -0.1) is 0 Å². The number of morpholine rings is 1. The molecule has 8 heteroatoms. The predicted octanol–water partition coefficient (Wildman–Crippen LogP) is 1.73. The second-order valence-corrected chi connectivity index (χ2v) is 9.08. The van der Waals surface area contributed by atoms with Gasteiger partial charge in [0.1, 0.15) is 0 Å². The van der Waals surface area contributed by atoms with Gasteiger partial charge in [-0.2, -0.15) is 4.31 Å². The summed E-state index contributed by atoms with van der Waals surface area (Å²) in [4.78, 5) is 15.1. The summed E-state index contributed by atoms with van der Waals surface area (Å²) in [6, 6.07) is 5.37. The van der Waals surface area contributed by atoms with Gasteiger partial charge in [-0.1, -0.05) is 19.9 Å². The van der Waals surface area contributed by atoms with Crippen LogP contribution in [-0.2, 0) is 21.2 Å². The Morgan fingerprint density at radius 2 is 1.93 bits per heavy atom. The maximum atomic E-state index is 13.1. The molecule has 1 aliphatic rings. The number of carbonyl (C=O) groups excluding carboxylic acids is 1. The van der Waals surface area contributed by atoms with Crippen LogP contribution in [0.4, 0.5) is 0 Å². The molecule has 1 aromatic rings. The first-order valence-corrected chi connectivity index (χ1v) is 11.5. The van der Waals surface area contributed by atoms with Gasteiger partial charge in [0, 0.05) is 37.8 Å². The van der Waals surface area contributed by atoms with Crippen molar-refractivity contribution in [1.29, 1.82) is 0 Å². The van der Waals surface area contributed by atoms with Gasteiger partial charge in [0.05, 0.1) is 18.1 Å². The third-order valence-electron chi connectivity index (χ3n) is 5.12. The van der Waals surface area contributed by atoms with E-state index in [0.717, 1.165) is 18.7 Å². The van der Waals surface area contributed by atoms with Crippen molar-refractivity contribution < 1.29 is 17.9 Å². The summed E-state index contributed by atoms with van der Waals surface area (Å²) < 4.78 is 32.9. The minimum atomic E-state index is -3.64. The lowest BCUT2D eigenvalue weighted by molar-refractivity contribution is 0.0730. The van der Waals surface area contributed by atoms with E-state index in [1.54, 1.807) is 12.1 Å². The zero-order chi connectivity index (χ0) is 20.7. The number of ether oxygens (including phenoxy) is 1. The van der Waals surface area contributed by atoms with Gasteiger partial charge in [0.25, 0.3) is 5.91 Å². The van der Waals surface area contributed by atoms with Crippen molar-refractivity contribution in [3.63, 3.8) is 0 Å². The van der Waals surface area contributed by atoms with Gasteiger partial charge < -0.3 is 10.1 Å². The van der Waals surface area contributed by atoms with Crippen LogP contribution in [0.3, 0.4) is 0 Å². The van der Waals surface area contributed by atoms with Crippen molar-refractivity contribution in [2.45, 2.75) is 45.1 Å². The summed E-state index contributed by atoms with van der Waals surface area (Å²) in [5.74, 6) is -0.249. The Hall–Kier alpha value is -1.48. The Kier molecular flexibility index (Phi) is 8.42. The number of hydrogen-bond donors (Lipinski definition) is 1. The van der Waals surface area contributed by atoms with E-state index in [0.29, 0.717) is 50.9 Å². The van der Waals surface area contributed by atoms with Crippen molar-refractivity contribution in [1.82, 2.24) is 14.5 Å². The number of nitrogens with one attached hydrogen (secondary N) is 1. The second kappa shape index (κ2) is 10.3. The quantitative estimate of drug-likeness (QED) is 0.670. The smallest absolute Gasteiger partial charge is 0.251 e. The molecule has 28 heavy (non-hydrogen) atoms. The van der Waals surface area contributed by atoms with E-state index in [9.17, 15) is 13.2 Å². The molecule has 7 nitrogen and oxygen atoms in total. The van der Waals surface area contributed by atoms with Gasteiger partial charge in [0.15, 0.2) is 0 Å². The van der Waals surface area contributed by atoms with Crippen LogP contribution >= 0.6 is 0 Å². The van der Waals surface area contributed by atoms with Gasteiger partial charge in [0.2, 0.25) is 10.0 Å². The molecule has 0 atom stereocenters. The first kappa shape index (κ1) is 22.8. The van der Waals surface area contributed by atoms with Gasteiger partial charge in [-0.3, -0.25) is 9.69 Å². The molecule has 0 radical (unpaired) electrons. The number of rotatable bonds is 9. The molecule has 158 valence electrons. The molecule has 1 fully saturated rings. The van der Waals surface area contributed by atoms with E-state index >= 15 is 0 Å². The zero-order valence-electron chi connectivity index (χ0n) is 17.4. The monoisotopic (exact) mass is 411 g/mol. The average Bonchev–Trinajstić information content (AvgIpc) is 2.70. The van der Waals surface area contributed by atoms with Gasteiger partial charge in [-0.05, 0) is 44.5 Å². The molecule has 0 bridgehead atoms. The fourth-order valence-corrected chi connectivity index (χ4v) is 5.08. The van der Waals surface area contributed by atoms with E-state index in [2.05, 4.69) is 31.0 Å². The number of likely N-dealkylation sites (N-methyl/N-ethyl adjacent to an activating group) is 1. The Labute approximate surface area is 169 Å². The standard InChI is InChI=1S/C20H33N3O4S/c1-5-17-7-8-18(20(24)21-9-10-22(6-2)16(3)4)15-19(17)28(25,26)23-11-13-27-14-12-23/h7-8,15-16H,5-6,9-14H2,1-4H3,(H,21,24). The molecule has 1 aliphatic heterocycles. The number of carbonyl (C=O) groups is 1. The highest BCUT2D eigenvalue weighted by molar-refractivity contribution is 7.89. The molecule has 1 N–H and O–H groups in total. The molecule has 0 aromatic heterocycles. The normalized spacial score (nSPS) is 15.9. The lowest BCUT2D eigenvalue weighted by Crippen LogP contribution is -2.41. The lowest BCUT2D eigenvalue weighted by Gasteiger charge is -2.27. The number of benzene rings is 1. The van der Waals surface area contributed by atoms with Crippen molar-refractivity contribution in [2.75, 3.05) is 45.9 Å². The molecular formula is C20H33N3O4S. The van der Waals surface area contributed by atoms with E-state index in [4.69, 9.17) is 4.74 Å². The lowest BCUT2D eigenvalue weighted by atomic mass is 10.1. The average molecular weight is 412 g/mol. The summed E-state index contributed by atoms with van der Waals surface area (Å²) >= 11 is 0. The van der Waals surface area contributed by atoms with Crippen LogP contribution in [0.5, 0.6) is 0 Å². The fraction of sp³-hybridized carbons (Fsp3) is 0.650. The van der Waals surface area contributed by atoms with Crippen LogP contribution in [0, 0.1) is 0 Å². The third kappa shape index (κ3) is 5.53. The molecular weight excluding hydrogens is 378 g/mol. The van der Waals surface area contributed by atoms with E-state index in [-0.39, 0.29) is 10.8 Å². The fourth-order valence-electron chi connectivity index (χ4n) is 3.35. The Morgan fingerprint density at radius 1 is 1.25 bits per heavy atom. The molecule has 0 aliphatic carbocycles. The Balaban J connectivity index is 2.16. The number of nitrogens with zero attached hydrogens (tertiary/aromatic N) is 2. The molecule has 0 unspecified atom stereocenters. The van der Waals surface area contributed by atoms with Crippen LogP contribution in [0.15, 0.2) is 23.1 Å². The van der Waals surface area contributed by atoms with Crippen LogP contribution in [0.2, 0.25) is 0 Å². The Morgan fingerprint density at radius 3 is 2.50 bits per heavy atom. The highest BCUT2D eigenvalue weighted by atomic mass is 32.2. The van der Waals surface area contributed by atoms with Crippen LogP contribution in [0.1, 0.15) is 43.6 Å². The number of sulfonamides is 1. The summed E-state index contributed by atoms with van der Waals surface area (Å²) in [5, 5.41) is 2.91. The maximum absolute atomic E-state index is 13.1. The van der Waals surface area contributed by atoms with Gasteiger partial charge >= 0.3 is 0 Å². The van der Waals surface area contributed by atoms with Crippen molar-refractivity contribution in [3.8, 4) is 0 Å². The van der Waals surface area contributed by atoms with Crippen LogP contribution < -0.4 is 5.32 Å².